The van der Waals surface area contributed by atoms with Gasteiger partial charge in [-0.2, -0.15) is 0 Å². The second-order valence-electron chi connectivity index (χ2n) is 4.95. The Bertz CT molecular complexity index is 134. The molecular formula is C9H18N2. The van der Waals surface area contributed by atoms with Crippen molar-refractivity contribution < 1.29 is 0 Å². The zero-order valence-electron chi connectivity index (χ0n) is 7.94. The van der Waals surface area contributed by atoms with E-state index in [1.165, 1.54) is 0 Å². The smallest absolute Gasteiger partial charge is 0.0468 e. The van der Waals surface area contributed by atoms with E-state index in [4.69, 9.17) is 0 Å². The monoisotopic (exact) mass is 154 g/mol. The lowest BCUT2D eigenvalue weighted by atomic mass is 9.80. The summed E-state index contributed by atoms with van der Waals surface area (Å²) in [6.45, 7) is 8.54. The topological polar surface area (TPSA) is 34.3 Å². The lowest BCUT2D eigenvalue weighted by Crippen LogP contribution is -2.59. The standard InChI is InChI=1S/C9H18N2/c1-8(2)5-7(10)6-9(3,4)11-8/h7,11H,5-6H2,1-4H3. The first-order valence-corrected chi connectivity index (χ1v) is 4.28. The van der Waals surface area contributed by atoms with E-state index in [0.29, 0.717) is 0 Å². The van der Waals surface area contributed by atoms with Crippen molar-refractivity contribution >= 4 is 0 Å². The van der Waals surface area contributed by atoms with Gasteiger partial charge in [0.05, 0.1) is 0 Å². The van der Waals surface area contributed by atoms with Gasteiger partial charge in [0, 0.05) is 17.1 Å². The third-order valence-corrected chi connectivity index (χ3v) is 2.17. The van der Waals surface area contributed by atoms with Crippen LogP contribution in [0.1, 0.15) is 40.5 Å². The Labute approximate surface area is 69.5 Å². The molecule has 0 spiro atoms. The first-order valence-electron chi connectivity index (χ1n) is 4.28. The van der Waals surface area contributed by atoms with Crippen LogP contribution in [0.4, 0.5) is 0 Å². The lowest BCUT2D eigenvalue weighted by Gasteiger charge is -2.44. The molecule has 2 heteroatoms. The van der Waals surface area contributed by atoms with Crippen LogP contribution in [0.5, 0.6) is 0 Å². The van der Waals surface area contributed by atoms with Gasteiger partial charge in [0.2, 0.25) is 0 Å². The van der Waals surface area contributed by atoms with Gasteiger partial charge >= 0.3 is 0 Å². The molecule has 0 saturated carbocycles. The van der Waals surface area contributed by atoms with Gasteiger partial charge in [-0.25, -0.2) is 0 Å². The molecule has 2 radical (unpaired) electrons. The molecule has 64 valence electrons. The maximum atomic E-state index is 9.54. The van der Waals surface area contributed by atoms with Crippen LogP contribution in [0, 0.1) is 0 Å². The third kappa shape index (κ3) is 2.46. The molecule has 1 aliphatic rings. The second-order valence-corrected chi connectivity index (χ2v) is 4.95. The number of nitrogens with zero attached hydrogens (tertiary/aromatic N) is 1. The van der Waals surface area contributed by atoms with E-state index in [-0.39, 0.29) is 17.1 Å². The van der Waals surface area contributed by atoms with E-state index in [2.05, 4.69) is 33.0 Å². The Morgan fingerprint density at radius 2 is 1.45 bits per heavy atom. The number of piperidine rings is 1. The number of hydrogen-bond acceptors (Lipinski definition) is 1. The highest BCUT2D eigenvalue weighted by molar-refractivity contribution is 4.98. The molecule has 1 aliphatic heterocycles. The molecule has 0 aromatic heterocycles. The van der Waals surface area contributed by atoms with Crippen molar-refractivity contribution in [2.75, 3.05) is 0 Å². The molecule has 0 bridgehead atoms. The van der Waals surface area contributed by atoms with E-state index >= 15 is 0 Å². The summed E-state index contributed by atoms with van der Waals surface area (Å²) < 4.78 is 0. The fourth-order valence-electron chi connectivity index (χ4n) is 2.27. The van der Waals surface area contributed by atoms with Crippen molar-refractivity contribution in [3.8, 4) is 0 Å². The molecule has 1 N–H and O–H groups in total. The Kier molecular flexibility index (Phi) is 2.01. The van der Waals surface area contributed by atoms with Crippen molar-refractivity contribution in [2.45, 2.75) is 57.7 Å². The quantitative estimate of drug-likeness (QED) is 0.561. The fraction of sp³-hybridized carbons (Fsp3) is 1.00. The zero-order chi connectivity index (χ0) is 8.70. The normalized spacial score (nSPS) is 30.3. The molecule has 0 aromatic carbocycles. The summed E-state index contributed by atoms with van der Waals surface area (Å²) in [6.07, 6.45) is 1.72. The molecule has 1 rings (SSSR count). The molecule has 11 heavy (non-hydrogen) atoms. The van der Waals surface area contributed by atoms with E-state index in [1.54, 1.807) is 0 Å². The molecule has 0 amide bonds. The summed E-state index contributed by atoms with van der Waals surface area (Å²) >= 11 is 0. The van der Waals surface area contributed by atoms with Gasteiger partial charge in [-0.3, -0.25) is 0 Å². The number of hydrogen-bond donors (Lipinski definition) is 1. The predicted molar refractivity (Wildman–Crippen MR) is 46.4 cm³/mol. The van der Waals surface area contributed by atoms with Gasteiger partial charge in [0.25, 0.3) is 0 Å². The fourth-order valence-corrected chi connectivity index (χ4v) is 2.27. The van der Waals surface area contributed by atoms with Gasteiger partial charge in [-0.1, -0.05) is 0 Å². The van der Waals surface area contributed by atoms with Gasteiger partial charge in [0.1, 0.15) is 0 Å². The van der Waals surface area contributed by atoms with Crippen LogP contribution in [0.25, 0.3) is 0 Å². The first kappa shape index (κ1) is 9.01. The van der Waals surface area contributed by atoms with Gasteiger partial charge in [-0.15, -0.1) is 5.73 Å². The van der Waals surface area contributed by atoms with Gasteiger partial charge in [-0.05, 0) is 40.5 Å². The average molecular weight is 154 g/mol. The van der Waals surface area contributed by atoms with Crippen molar-refractivity contribution in [1.29, 1.82) is 0 Å². The van der Waals surface area contributed by atoms with E-state index < -0.39 is 0 Å². The SMILES string of the molecule is CC1(C)CC([N])CC(C)(C)N1. The van der Waals surface area contributed by atoms with Gasteiger partial charge < -0.3 is 5.32 Å². The zero-order valence-corrected chi connectivity index (χ0v) is 7.94. The molecule has 1 fully saturated rings. The summed E-state index contributed by atoms with van der Waals surface area (Å²) in [5.41, 5.74) is 9.71. The summed E-state index contributed by atoms with van der Waals surface area (Å²) in [5.74, 6) is 0. The largest absolute Gasteiger partial charge is 0.307 e. The van der Waals surface area contributed by atoms with Crippen LogP contribution in [-0.2, 0) is 0 Å². The Morgan fingerprint density at radius 3 is 1.73 bits per heavy atom. The van der Waals surface area contributed by atoms with Crippen molar-refractivity contribution in [3.05, 3.63) is 0 Å². The third-order valence-electron chi connectivity index (χ3n) is 2.17. The van der Waals surface area contributed by atoms with Crippen molar-refractivity contribution in [3.63, 3.8) is 0 Å². The Morgan fingerprint density at radius 1 is 1.09 bits per heavy atom. The van der Waals surface area contributed by atoms with Crippen LogP contribution in [0.15, 0.2) is 0 Å². The molecule has 1 saturated heterocycles. The summed E-state index contributed by atoms with van der Waals surface area (Å²) in [4.78, 5) is 0. The molecular weight excluding hydrogens is 136 g/mol. The van der Waals surface area contributed by atoms with Crippen LogP contribution in [0.2, 0.25) is 0 Å². The average Bonchev–Trinajstić information content (AvgIpc) is 1.49. The Balaban J connectivity index is 2.66. The first-order chi connectivity index (χ1) is 4.81. The highest BCUT2D eigenvalue weighted by atomic mass is 15.1. The molecule has 0 atom stereocenters. The van der Waals surface area contributed by atoms with E-state index in [1.807, 2.05) is 0 Å². The minimum atomic E-state index is -0.138. The van der Waals surface area contributed by atoms with Crippen LogP contribution in [0.3, 0.4) is 0 Å². The lowest BCUT2D eigenvalue weighted by molar-refractivity contribution is 0.161. The van der Waals surface area contributed by atoms with Crippen LogP contribution >= 0.6 is 0 Å². The summed E-state index contributed by atoms with van der Waals surface area (Å²) in [5, 5.41) is 3.50. The Hall–Kier alpha value is -0.0800. The minimum Gasteiger partial charge on any atom is -0.307 e. The number of rotatable bonds is 0. The van der Waals surface area contributed by atoms with Crippen molar-refractivity contribution in [1.82, 2.24) is 11.1 Å². The maximum absolute atomic E-state index is 9.54. The summed E-state index contributed by atoms with van der Waals surface area (Å²) in [6, 6.07) is -0.138. The maximum Gasteiger partial charge on any atom is 0.0468 e. The highest BCUT2D eigenvalue weighted by Crippen LogP contribution is 2.27. The second kappa shape index (κ2) is 2.46. The van der Waals surface area contributed by atoms with E-state index in [9.17, 15) is 5.73 Å². The molecule has 0 unspecified atom stereocenters. The van der Waals surface area contributed by atoms with Crippen molar-refractivity contribution in [2.24, 2.45) is 0 Å². The van der Waals surface area contributed by atoms with Crippen LogP contribution < -0.4 is 11.1 Å². The summed E-state index contributed by atoms with van der Waals surface area (Å²) in [7, 11) is 0. The molecule has 2 nitrogen and oxygen atoms in total. The predicted octanol–water partition coefficient (Wildman–Crippen LogP) is 1.36. The van der Waals surface area contributed by atoms with Gasteiger partial charge in [0.15, 0.2) is 0 Å². The van der Waals surface area contributed by atoms with E-state index in [0.717, 1.165) is 12.8 Å². The molecule has 0 aromatic rings. The highest BCUT2D eigenvalue weighted by Gasteiger charge is 2.36. The molecule has 0 aliphatic carbocycles. The number of nitrogens with one attached hydrogen (secondary N) is 1. The minimum absolute atomic E-state index is 0.0845. The molecule has 1 heterocycles. The van der Waals surface area contributed by atoms with Crippen LogP contribution in [-0.4, -0.2) is 17.1 Å².